The highest BCUT2D eigenvalue weighted by molar-refractivity contribution is 6.28. The summed E-state index contributed by atoms with van der Waals surface area (Å²) in [6.07, 6.45) is 3.82. The number of aromatic nitrogens is 2. The van der Waals surface area contributed by atoms with Gasteiger partial charge in [0.2, 0.25) is 5.78 Å². The second-order valence-electron chi connectivity index (χ2n) is 4.90. The van der Waals surface area contributed by atoms with Gasteiger partial charge in [-0.25, -0.2) is 4.98 Å². The number of rotatable bonds is 1. The summed E-state index contributed by atoms with van der Waals surface area (Å²) in [5.41, 5.74) is 2.63. The third kappa shape index (κ3) is 1.32. The number of carbonyl (C=O) groups is 1. The molecule has 5 nitrogen and oxygen atoms in total. The Bertz CT molecular complexity index is 726. The van der Waals surface area contributed by atoms with Crippen LogP contribution in [0.25, 0.3) is 0 Å². The number of benzene rings is 1. The number of nitrogens with zero attached hydrogens (tertiary/aromatic N) is 3. The largest absolute Gasteiger partial charge is 0.410 e. The molecule has 19 heavy (non-hydrogen) atoms. The monoisotopic (exact) mass is 253 g/mol. The van der Waals surface area contributed by atoms with Gasteiger partial charge in [0.25, 0.3) is 0 Å². The van der Waals surface area contributed by atoms with Crippen LogP contribution in [0.3, 0.4) is 0 Å². The van der Waals surface area contributed by atoms with Gasteiger partial charge < -0.3 is 9.77 Å². The summed E-state index contributed by atoms with van der Waals surface area (Å²) >= 11 is 0. The average molecular weight is 253 g/mol. The van der Waals surface area contributed by atoms with E-state index in [2.05, 4.69) is 10.1 Å². The normalized spacial score (nSPS) is 19.4. The lowest BCUT2D eigenvalue weighted by Crippen LogP contribution is -2.23. The van der Waals surface area contributed by atoms with Gasteiger partial charge in [-0.15, -0.1) is 0 Å². The van der Waals surface area contributed by atoms with Gasteiger partial charge in [0.1, 0.15) is 17.1 Å². The van der Waals surface area contributed by atoms with E-state index >= 15 is 0 Å². The highest BCUT2D eigenvalue weighted by Crippen LogP contribution is 2.38. The first-order chi connectivity index (χ1) is 9.31. The Morgan fingerprint density at radius 2 is 2.00 bits per heavy atom. The Morgan fingerprint density at radius 3 is 2.68 bits per heavy atom. The first kappa shape index (κ1) is 10.5. The molecule has 5 heteroatoms. The van der Waals surface area contributed by atoms with Gasteiger partial charge >= 0.3 is 0 Å². The molecule has 2 aliphatic carbocycles. The van der Waals surface area contributed by atoms with Crippen LogP contribution in [0.2, 0.25) is 0 Å². The van der Waals surface area contributed by atoms with Crippen LogP contribution in [-0.2, 0) is 0 Å². The minimum Gasteiger partial charge on any atom is -0.410 e. The van der Waals surface area contributed by atoms with Crippen LogP contribution < -0.4 is 0 Å². The van der Waals surface area contributed by atoms with E-state index in [9.17, 15) is 10.0 Å². The SMILES string of the molecule is O=C1c2ccccc2C(=NO)c2ncn(C3CC3)c21. The summed E-state index contributed by atoms with van der Waals surface area (Å²) in [6, 6.07) is 7.54. The standard InChI is InChI=1S/C14H11N3O2/c18-14-10-4-2-1-3-9(10)11(16-19)12-13(14)17(7-15-12)8-5-6-8/h1-4,7-8,19H,5-6H2. The second-order valence-corrected chi connectivity index (χ2v) is 4.90. The molecule has 1 fully saturated rings. The molecule has 1 heterocycles. The molecule has 0 atom stereocenters. The molecule has 1 N–H and O–H groups in total. The van der Waals surface area contributed by atoms with Gasteiger partial charge in [-0.05, 0) is 12.8 Å². The molecule has 0 saturated heterocycles. The van der Waals surface area contributed by atoms with Crippen LogP contribution in [-0.4, -0.2) is 26.3 Å². The van der Waals surface area contributed by atoms with E-state index in [1.165, 1.54) is 0 Å². The Balaban J connectivity index is 2.01. The lowest BCUT2D eigenvalue weighted by molar-refractivity contribution is 0.102. The number of hydrogen-bond donors (Lipinski definition) is 1. The van der Waals surface area contributed by atoms with Crippen molar-refractivity contribution in [1.29, 1.82) is 0 Å². The van der Waals surface area contributed by atoms with Gasteiger partial charge in [-0.1, -0.05) is 29.4 Å². The van der Waals surface area contributed by atoms with E-state index in [0.29, 0.717) is 34.3 Å². The van der Waals surface area contributed by atoms with Crippen molar-refractivity contribution in [3.05, 3.63) is 53.1 Å². The number of fused-ring (bicyclic) bond motifs is 2. The average Bonchev–Trinajstić information content (AvgIpc) is 3.19. The predicted molar refractivity (Wildman–Crippen MR) is 67.8 cm³/mol. The van der Waals surface area contributed by atoms with Crippen molar-refractivity contribution < 1.29 is 10.0 Å². The van der Waals surface area contributed by atoms with Gasteiger partial charge in [0.15, 0.2) is 0 Å². The molecule has 1 aromatic heterocycles. The lowest BCUT2D eigenvalue weighted by atomic mass is 9.89. The molecule has 1 aromatic carbocycles. The number of hydrogen-bond acceptors (Lipinski definition) is 4. The number of imidazole rings is 1. The predicted octanol–water partition coefficient (Wildman–Crippen LogP) is 1.99. The smallest absolute Gasteiger partial charge is 0.212 e. The van der Waals surface area contributed by atoms with Crippen molar-refractivity contribution in [2.45, 2.75) is 18.9 Å². The molecule has 0 amide bonds. The number of ketones is 1. The van der Waals surface area contributed by atoms with E-state index in [0.717, 1.165) is 12.8 Å². The molecule has 4 rings (SSSR count). The van der Waals surface area contributed by atoms with Crippen molar-refractivity contribution in [1.82, 2.24) is 9.55 Å². The molecule has 0 aliphatic heterocycles. The van der Waals surface area contributed by atoms with E-state index in [-0.39, 0.29) is 5.78 Å². The van der Waals surface area contributed by atoms with E-state index in [1.54, 1.807) is 18.5 Å². The minimum atomic E-state index is -0.0394. The Kier molecular flexibility index (Phi) is 1.95. The van der Waals surface area contributed by atoms with Crippen LogP contribution in [0.15, 0.2) is 35.7 Å². The van der Waals surface area contributed by atoms with Crippen LogP contribution in [0, 0.1) is 0 Å². The van der Waals surface area contributed by atoms with E-state index in [4.69, 9.17) is 0 Å². The fourth-order valence-corrected chi connectivity index (χ4v) is 2.63. The molecule has 0 spiro atoms. The summed E-state index contributed by atoms with van der Waals surface area (Å²) in [5, 5.41) is 12.6. The first-order valence-corrected chi connectivity index (χ1v) is 6.24. The summed E-state index contributed by atoms with van der Waals surface area (Å²) in [7, 11) is 0. The summed E-state index contributed by atoms with van der Waals surface area (Å²) in [5.74, 6) is -0.0394. The van der Waals surface area contributed by atoms with Crippen LogP contribution >= 0.6 is 0 Å². The van der Waals surface area contributed by atoms with Crippen LogP contribution in [0.4, 0.5) is 0 Å². The molecule has 2 aromatic rings. The highest BCUT2D eigenvalue weighted by Gasteiger charge is 2.36. The zero-order valence-corrected chi connectivity index (χ0v) is 10.1. The zero-order chi connectivity index (χ0) is 13.0. The molecular formula is C14H11N3O2. The summed E-state index contributed by atoms with van der Waals surface area (Å²) in [6.45, 7) is 0. The lowest BCUT2D eigenvalue weighted by Gasteiger charge is -2.17. The molecule has 2 aliphatic rings. The summed E-state index contributed by atoms with van der Waals surface area (Å²) < 4.78 is 1.92. The Hall–Kier alpha value is -2.43. The van der Waals surface area contributed by atoms with E-state index < -0.39 is 0 Å². The first-order valence-electron chi connectivity index (χ1n) is 6.24. The second kappa shape index (κ2) is 3.54. The third-order valence-electron chi connectivity index (χ3n) is 3.70. The molecule has 0 unspecified atom stereocenters. The highest BCUT2D eigenvalue weighted by atomic mass is 16.4. The maximum absolute atomic E-state index is 12.6. The molecule has 94 valence electrons. The van der Waals surface area contributed by atoms with Gasteiger partial charge in [0.05, 0.1) is 6.33 Å². The molecule has 1 saturated carbocycles. The summed E-state index contributed by atoms with van der Waals surface area (Å²) in [4.78, 5) is 16.9. The van der Waals surface area contributed by atoms with Gasteiger partial charge in [0, 0.05) is 17.2 Å². The van der Waals surface area contributed by atoms with Crippen molar-refractivity contribution in [3.8, 4) is 0 Å². The quantitative estimate of drug-likeness (QED) is 0.532. The number of oxime groups is 1. The van der Waals surface area contributed by atoms with Crippen LogP contribution in [0.5, 0.6) is 0 Å². The van der Waals surface area contributed by atoms with Gasteiger partial charge in [-0.2, -0.15) is 0 Å². The van der Waals surface area contributed by atoms with Crippen molar-refractivity contribution in [3.63, 3.8) is 0 Å². The fraction of sp³-hybridized carbons (Fsp3) is 0.214. The minimum absolute atomic E-state index is 0.0394. The maximum Gasteiger partial charge on any atom is 0.212 e. The third-order valence-corrected chi connectivity index (χ3v) is 3.70. The maximum atomic E-state index is 12.6. The Morgan fingerprint density at radius 1 is 1.26 bits per heavy atom. The van der Waals surface area contributed by atoms with Gasteiger partial charge in [-0.3, -0.25) is 4.79 Å². The topological polar surface area (TPSA) is 67.5 Å². The van der Waals surface area contributed by atoms with Crippen molar-refractivity contribution >= 4 is 11.5 Å². The number of carbonyl (C=O) groups excluding carboxylic acids is 1. The van der Waals surface area contributed by atoms with Crippen molar-refractivity contribution in [2.24, 2.45) is 5.16 Å². The fourth-order valence-electron chi connectivity index (χ4n) is 2.63. The van der Waals surface area contributed by atoms with E-state index in [1.807, 2.05) is 16.7 Å². The molecule has 0 bridgehead atoms. The van der Waals surface area contributed by atoms with Crippen molar-refractivity contribution in [2.75, 3.05) is 0 Å². The molecule has 0 radical (unpaired) electrons. The Labute approximate surface area is 109 Å². The van der Waals surface area contributed by atoms with Crippen LogP contribution in [0.1, 0.15) is 46.2 Å². The zero-order valence-electron chi connectivity index (χ0n) is 10.1. The molecular weight excluding hydrogens is 242 g/mol.